The van der Waals surface area contributed by atoms with Crippen molar-refractivity contribution in [2.24, 2.45) is 5.92 Å². The fraction of sp³-hybridized carbons (Fsp3) is 0.625. The molecule has 3 rings (SSSR count). The van der Waals surface area contributed by atoms with E-state index in [-0.39, 0.29) is 0 Å². The Bertz CT molecular complexity index is 612. The Hall–Kier alpha value is -0.990. The number of benzene rings is 1. The van der Waals surface area contributed by atoms with Gasteiger partial charge in [-0.1, -0.05) is 30.3 Å². The first-order valence-corrected chi connectivity index (χ1v) is 9.62. The zero-order valence-electron chi connectivity index (χ0n) is 13.8. The van der Waals surface area contributed by atoms with E-state index in [2.05, 4.69) is 35.1 Å². The average Bonchev–Trinajstić information content (AvgIpc) is 3.05. The van der Waals surface area contributed by atoms with Crippen LogP contribution in [0.1, 0.15) is 30.9 Å². The second kappa shape index (κ2) is 6.86. The summed E-state index contributed by atoms with van der Waals surface area (Å²) in [6, 6.07) is 11.2. The normalized spacial score (nSPS) is 27.6. The molecule has 2 heterocycles. The summed E-state index contributed by atoms with van der Waals surface area (Å²) in [5.41, 5.74) is 8.11. The Morgan fingerprint density at radius 3 is 2.35 bits per heavy atom. The molecule has 0 aliphatic carbocycles. The molecule has 0 spiro atoms. The van der Waals surface area contributed by atoms with Crippen LogP contribution in [0.2, 0.25) is 0 Å². The molecule has 23 heavy (non-hydrogen) atoms. The van der Waals surface area contributed by atoms with Crippen LogP contribution in [0.5, 0.6) is 0 Å². The molecule has 6 nitrogen and oxygen atoms in total. The highest BCUT2D eigenvalue weighted by atomic mass is 32.2. The van der Waals surface area contributed by atoms with E-state index in [1.165, 1.54) is 9.87 Å². The van der Waals surface area contributed by atoms with E-state index in [9.17, 15) is 8.42 Å². The standard InChI is InChI=1S/C16H26N4O2S/c1-19(2)23(21,22)20-10-8-14(9-11-20)16-12-15(17-18-16)13-6-4-3-5-7-13/h3-7,14-18H,8-12H2,1-2H3. The molecular formula is C16H26N4O2S. The zero-order chi connectivity index (χ0) is 16.4. The molecule has 1 aromatic rings. The van der Waals surface area contributed by atoms with Gasteiger partial charge in [-0.15, -0.1) is 0 Å². The maximum absolute atomic E-state index is 12.2. The van der Waals surface area contributed by atoms with Crippen molar-refractivity contribution in [2.75, 3.05) is 27.2 Å². The molecular weight excluding hydrogens is 312 g/mol. The van der Waals surface area contributed by atoms with Crippen molar-refractivity contribution in [1.82, 2.24) is 19.5 Å². The minimum absolute atomic E-state index is 0.338. The monoisotopic (exact) mass is 338 g/mol. The summed E-state index contributed by atoms with van der Waals surface area (Å²) in [5.74, 6) is 0.518. The highest BCUT2D eigenvalue weighted by Crippen LogP contribution is 2.31. The van der Waals surface area contributed by atoms with Gasteiger partial charge in [0, 0.05) is 39.3 Å². The van der Waals surface area contributed by atoms with Crippen LogP contribution in [0.25, 0.3) is 0 Å². The minimum Gasteiger partial charge on any atom is -0.254 e. The number of rotatable bonds is 4. The van der Waals surface area contributed by atoms with Crippen molar-refractivity contribution in [3.63, 3.8) is 0 Å². The van der Waals surface area contributed by atoms with Crippen molar-refractivity contribution in [2.45, 2.75) is 31.3 Å². The molecule has 2 aliphatic heterocycles. The van der Waals surface area contributed by atoms with Gasteiger partial charge < -0.3 is 0 Å². The molecule has 2 unspecified atom stereocenters. The predicted octanol–water partition coefficient (Wildman–Crippen LogP) is 1.11. The molecule has 0 aromatic heterocycles. The Morgan fingerprint density at radius 1 is 1.09 bits per heavy atom. The van der Waals surface area contributed by atoms with Crippen LogP contribution in [0.4, 0.5) is 0 Å². The summed E-state index contributed by atoms with van der Waals surface area (Å²) >= 11 is 0. The van der Waals surface area contributed by atoms with Gasteiger partial charge >= 0.3 is 0 Å². The van der Waals surface area contributed by atoms with E-state index in [1.807, 2.05) is 6.07 Å². The van der Waals surface area contributed by atoms with E-state index < -0.39 is 10.2 Å². The molecule has 0 bridgehead atoms. The molecule has 0 saturated carbocycles. The maximum Gasteiger partial charge on any atom is 0.281 e. The smallest absolute Gasteiger partial charge is 0.254 e. The van der Waals surface area contributed by atoms with Crippen LogP contribution >= 0.6 is 0 Å². The summed E-state index contributed by atoms with van der Waals surface area (Å²) < 4.78 is 27.2. The van der Waals surface area contributed by atoms with Gasteiger partial charge in [0.1, 0.15) is 0 Å². The number of hydrazine groups is 1. The van der Waals surface area contributed by atoms with E-state index in [0.717, 1.165) is 19.3 Å². The van der Waals surface area contributed by atoms with Crippen LogP contribution in [0.15, 0.2) is 30.3 Å². The van der Waals surface area contributed by atoms with Crippen molar-refractivity contribution >= 4 is 10.2 Å². The number of piperidine rings is 1. The molecule has 7 heteroatoms. The Balaban J connectivity index is 1.55. The van der Waals surface area contributed by atoms with Crippen LogP contribution < -0.4 is 10.9 Å². The van der Waals surface area contributed by atoms with Crippen molar-refractivity contribution in [3.05, 3.63) is 35.9 Å². The van der Waals surface area contributed by atoms with Crippen LogP contribution in [-0.2, 0) is 10.2 Å². The third kappa shape index (κ3) is 3.59. The quantitative estimate of drug-likeness (QED) is 0.863. The molecule has 1 aromatic carbocycles. The fourth-order valence-corrected chi connectivity index (χ4v) is 4.67. The minimum atomic E-state index is -3.27. The van der Waals surface area contributed by atoms with Gasteiger partial charge in [0.15, 0.2) is 0 Å². The Kier molecular flexibility index (Phi) is 5.03. The first-order valence-electron chi connectivity index (χ1n) is 8.22. The van der Waals surface area contributed by atoms with Gasteiger partial charge in [0.25, 0.3) is 10.2 Å². The molecule has 2 atom stereocenters. The summed E-state index contributed by atoms with van der Waals surface area (Å²) in [6.45, 7) is 1.22. The van der Waals surface area contributed by atoms with E-state index in [4.69, 9.17) is 0 Å². The Labute approximate surface area is 139 Å². The largest absolute Gasteiger partial charge is 0.281 e. The fourth-order valence-electron chi connectivity index (χ4n) is 3.53. The third-order valence-electron chi connectivity index (χ3n) is 4.99. The SMILES string of the molecule is CN(C)S(=O)(=O)N1CCC(C2CC(c3ccccc3)NN2)CC1. The molecule has 2 aliphatic rings. The lowest BCUT2D eigenvalue weighted by molar-refractivity contribution is 0.223. The number of nitrogens with one attached hydrogen (secondary N) is 2. The van der Waals surface area contributed by atoms with E-state index in [0.29, 0.717) is 31.1 Å². The first-order chi connectivity index (χ1) is 11.0. The van der Waals surface area contributed by atoms with Gasteiger partial charge in [-0.25, -0.2) is 0 Å². The number of hydrogen-bond acceptors (Lipinski definition) is 4. The lowest BCUT2D eigenvalue weighted by Crippen LogP contribution is -2.47. The molecule has 2 saturated heterocycles. The average molecular weight is 338 g/mol. The summed E-state index contributed by atoms with van der Waals surface area (Å²) in [7, 11) is -0.0868. The summed E-state index contributed by atoms with van der Waals surface area (Å²) in [6.07, 6.45) is 2.87. The second-order valence-electron chi connectivity index (χ2n) is 6.62. The lowest BCUT2D eigenvalue weighted by atomic mass is 9.87. The maximum atomic E-state index is 12.2. The summed E-state index contributed by atoms with van der Waals surface area (Å²) in [5, 5.41) is 0. The number of hydrogen-bond donors (Lipinski definition) is 2. The summed E-state index contributed by atoms with van der Waals surface area (Å²) in [4.78, 5) is 0. The van der Waals surface area contributed by atoms with Crippen LogP contribution in [0.3, 0.4) is 0 Å². The van der Waals surface area contributed by atoms with Crippen molar-refractivity contribution in [1.29, 1.82) is 0 Å². The number of nitrogens with zero attached hydrogens (tertiary/aromatic N) is 2. The van der Waals surface area contributed by atoms with Crippen LogP contribution in [-0.4, -0.2) is 50.3 Å². The third-order valence-corrected chi connectivity index (χ3v) is 6.93. The molecule has 128 valence electrons. The topological polar surface area (TPSA) is 64.7 Å². The highest BCUT2D eigenvalue weighted by molar-refractivity contribution is 7.86. The van der Waals surface area contributed by atoms with Gasteiger partial charge in [0.2, 0.25) is 0 Å². The van der Waals surface area contributed by atoms with Crippen molar-refractivity contribution < 1.29 is 8.42 Å². The zero-order valence-corrected chi connectivity index (χ0v) is 14.6. The van der Waals surface area contributed by atoms with E-state index >= 15 is 0 Å². The second-order valence-corrected chi connectivity index (χ2v) is 8.76. The van der Waals surface area contributed by atoms with E-state index in [1.54, 1.807) is 18.4 Å². The van der Waals surface area contributed by atoms with Crippen LogP contribution in [0, 0.1) is 5.92 Å². The van der Waals surface area contributed by atoms with Gasteiger partial charge in [-0.05, 0) is 30.7 Å². The van der Waals surface area contributed by atoms with Crippen molar-refractivity contribution in [3.8, 4) is 0 Å². The molecule has 0 radical (unpaired) electrons. The first kappa shape index (κ1) is 16.9. The Morgan fingerprint density at radius 2 is 1.74 bits per heavy atom. The van der Waals surface area contributed by atoms with Gasteiger partial charge in [-0.2, -0.15) is 17.0 Å². The van der Waals surface area contributed by atoms with Gasteiger partial charge in [-0.3, -0.25) is 10.9 Å². The lowest BCUT2D eigenvalue weighted by Gasteiger charge is -2.35. The van der Waals surface area contributed by atoms with Gasteiger partial charge in [0.05, 0.1) is 0 Å². The highest BCUT2D eigenvalue weighted by Gasteiger charge is 2.36. The molecule has 0 amide bonds. The predicted molar refractivity (Wildman–Crippen MR) is 90.8 cm³/mol. The molecule has 2 fully saturated rings. The molecule has 2 N–H and O–H groups in total.